The Morgan fingerprint density at radius 1 is 1.38 bits per heavy atom. The van der Waals surface area contributed by atoms with Crippen molar-refractivity contribution in [2.75, 3.05) is 32.8 Å². The van der Waals surface area contributed by atoms with E-state index in [1.165, 1.54) is 6.07 Å². The standard InChI is InChI=1S/C15H22BrFN2O.ClH/c1-15(2,10-20)14(19-7-5-18-6-8-19)12-4-3-11(16)9-13(12)17;/h3-4,9,14,18,20H,5-8,10H2,1-2H3;1H/t14-;/m0./s1. The molecule has 0 bridgehead atoms. The van der Waals surface area contributed by atoms with Crippen molar-refractivity contribution in [3.8, 4) is 0 Å². The highest BCUT2D eigenvalue weighted by Crippen LogP contribution is 2.39. The first-order valence-electron chi connectivity index (χ1n) is 6.96. The summed E-state index contributed by atoms with van der Waals surface area (Å²) in [5, 5.41) is 13.0. The summed E-state index contributed by atoms with van der Waals surface area (Å²) in [5.41, 5.74) is 0.264. The zero-order valence-corrected chi connectivity index (χ0v) is 14.8. The van der Waals surface area contributed by atoms with Crippen molar-refractivity contribution in [1.29, 1.82) is 0 Å². The number of aliphatic hydroxyl groups excluding tert-OH is 1. The minimum Gasteiger partial charge on any atom is -0.396 e. The van der Waals surface area contributed by atoms with Crippen LogP contribution >= 0.6 is 28.3 Å². The van der Waals surface area contributed by atoms with E-state index in [9.17, 15) is 9.50 Å². The molecule has 0 saturated carbocycles. The quantitative estimate of drug-likeness (QED) is 0.842. The molecule has 120 valence electrons. The molecule has 2 N–H and O–H groups in total. The Morgan fingerprint density at radius 3 is 2.52 bits per heavy atom. The SMILES string of the molecule is CC(C)(CO)[C@H](c1ccc(Br)cc1F)N1CCNCC1.Cl. The van der Waals surface area contributed by atoms with Gasteiger partial charge in [0.2, 0.25) is 0 Å². The molecular formula is C15H23BrClFN2O. The number of hydrogen-bond acceptors (Lipinski definition) is 3. The second-order valence-electron chi connectivity index (χ2n) is 6.00. The molecule has 1 heterocycles. The first-order chi connectivity index (χ1) is 9.45. The van der Waals surface area contributed by atoms with E-state index >= 15 is 0 Å². The molecule has 3 nitrogen and oxygen atoms in total. The van der Waals surface area contributed by atoms with Crippen LogP contribution in [0.15, 0.2) is 22.7 Å². The van der Waals surface area contributed by atoms with E-state index in [4.69, 9.17) is 0 Å². The van der Waals surface area contributed by atoms with Crippen LogP contribution in [0.2, 0.25) is 0 Å². The summed E-state index contributed by atoms with van der Waals surface area (Å²) in [4.78, 5) is 2.26. The molecule has 0 spiro atoms. The average Bonchev–Trinajstić information content (AvgIpc) is 2.43. The number of nitrogens with zero attached hydrogens (tertiary/aromatic N) is 1. The van der Waals surface area contributed by atoms with Gasteiger partial charge in [0.05, 0.1) is 0 Å². The van der Waals surface area contributed by atoms with E-state index in [1.807, 2.05) is 26.0 Å². The third-order valence-electron chi connectivity index (χ3n) is 3.92. The third kappa shape index (κ3) is 4.39. The molecule has 0 unspecified atom stereocenters. The molecule has 1 atom stereocenters. The number of nitrogens with one attached hydrogen (secondary N) is 1. The van der Waals surface area contributed by atoms with Gasteiger partial charge in [-0.3, -0.25) is 4.90 Å². The predicted molar refractivity (Wildman–Crippen MR) is 89.4 cm³/mol. The topological polar surface area (TPSA) is 35.5 Å². The zero-order valence-electron chi connectivity index (χ0n) is 12.4. The molecular weight excluding hydrogens is 359 g/mol. The Labute approximate surface area is 140 Å². The fourth-order valence-corrected chi connectivity index (χ4v) is 3.20. The molecule has 1 aromatic rings. The van der Waals surface area contributed by atoms with Gasteiger partial charge >= 0.3 is 0 Å². The molecule has 0 aromatic heterocycles. The van der Waals surface area contributed by atoms with Crippen LogP contribution in [-0.2, 0) is 0 Å². The van der Waals surface area contributed by atoms with Crippen LogP contribution in [0.5, 0.6) is 0 Å². The van der Waals surface area contributed by atoms with E-state index < -0.39 is 5.41 Å². The molecule has 1 aliphatic heterocycles. The molecule has 2 rings (SSSR count). The van der Waals surface area contributed by atoms with Crippen molar-refractivity contribution in [3.05, 3.63) is 34.1 Å². The van der Waals surface area contributed by atoms with Gasteiger partial charge in [0.1, 0.15) is 5.82 Å². The second-order valence-corrected chi connectivity index (χ2v) is 6.92. The molecule has 1 aromatic carbocycles. The number of rotatable bonds is 4. The van der Waals surface area contributed by atoms with Crippen LogP contribution in [0.25, 0.3) is 0 Å². The molecule has 21 heavy (non-hydrogen) atoms. The van der Waals surface area contributed by atoms with Crippen LogP contribution in [0, 0.1) is 11.2 Å². The summed E-state index contributed by atoms with van der Waals surface area (Å²) in [5.74, 6) is -0.218. The third-order valence-corrected chi connectivity index (χ3v) is 4.41. The van der Waals surface area contributed by atoms with E-state index in [0.717, 1.165) is 30.7 Å². The molecule has 0 aliphatic carbocycles. The smallest absolute Gasteiger partial charge is 0.129 e. The molecule has 6 heteroatoms. The molecule has 0 radical (unpaired) electrons. The van der Waals surface area contributed by atoms with Gasteiger partial charge in [-0.2, -0.15) is 0 Å². The van der Waals surface area contributed by atoms with E-state index in [1.54, 1.807) is 0 Å². The number of hydrogen-bond donors (Lipinski definition) is 2. The maximum Gasteiger partial charge on any atom is 0.129 e. The Balaban J connectivity index is 0.00000220. The van der Waals surface area contributed by atoms with Gasteiger partial charge in [-0.15, -0.1) is 12.4 Å². The molecule has 1 saturated heterocycles. The second kappa shape index (κ2) is 7.88. The number of piperazine rings is 1. The van der Waals surface area contributed by atoms with E-state index in [-0.39, 0.29) is 30.9 Å². The van der Waals surface area contributed by atoms with Crippen molar-refractivity contribution in [1.82, 2.24) is 10.2 Å². The summed E-state index contributed by atoms with van der Waals surface area (Å²) in [6.07, 6.45) is 0. The molecule has 1 fully saturated rings. The Kier molecular flexibility index (Phi) is 7.07. The first kappa shape index (κ1) is 18.8. The van der Waals surface area contributed by atoms with Gasteiger partial charge < -0.3 is 10.4 Å². The average molecular weight is 382 g/mol. The summed E-state index contributed by atoms with van der Waals surface area (Å²) >= 11 is 3.30. The summed E-state index contributed by atoms with van der Waals surface area (Å²) < 4.78 is 15.1. The zero-order chi connectivity index (χ0) is 14.8. The van der Waals surface area contributed by atoms with Gasteiger partial charge in [0.25, 0.3) is 0 Å². The van der Waals surface area contributed by atoms with Crippen molar-refractivity contribution >= 4 is 28.3 Å². The molecule has 0 amide bonds. The van der Waals surface area contributed by atoms with Crippen molar-refractivity contribution in [2.24, 2.45) is 5.41 Å². The minimum atomic E-state index is -0.397. The van der Waals surface area contributed by atoms with Crippen LogP contribution in [0.1, 0.15) is 25.5 Å². The fourth-order valence-electron chi connectivity index (χ4n) is 2.86. The molecule has 1 aliphatic rings. The normalized spacial score (nSPS) is 18.1. The lowest BCUT2D eigenvalue weighted by atomic mass is 9.79. The van der Waals surface area contributed by atoms with Gasteiger partial charge in [0, 0.05) is 54.3 Å². The summed E-state index contributed by atoms with van der Waals surface area (Å²) in [6, 6.07) is 5.06. The lowest BCUT2D eigenvalue weighted by molar-refractivity contribution is 0.0286. The Morgan fingerprint density at radius 2 is 2.00 bits per heavy atom. The van der Waals surface area contributed by atoms with E-state index in [0.29, 0.717) is 5.56 Å². The predicted octanol–water partition coefficient (Wildman–Crippen LogP) is 2.97. The van der Waals surface area contributed by atoms with Crippen molar-refractivity contribution in [3.63, 3.8) is 0 Å². The van der Waals surface area contributed by atoms with E-state index in [2.05, 4.69) is 26.1 Å². The maximum atomic E-state index is 14.4. The van der Waals surface area contributed by atoms with Crippen LogP contribution in [0.3, 0.4) is 0 Å². The fraction of sp³-hybridized carbons (Fsp3) is 0.600. The Hall–Kier alpha value is -0.200. The highest BCUT2D eigenvalue weighted by molar-refractivity contribution is 9.10. The lowest BCUT2D eigenvalue weighted by Crippen LogP contribution is -2.49. The maximum absolute atomic E-state index is 14.4. The highest BCUT2D eigenvalue weighted by atomic mass is 79.9. The van der Waals surface area contributed by atoms with Gasteiger partial charge in [-0.1, -0.05) is 35.8 Å². The minimum absolute atomic E-state index is 0. The highest BCUT2D eigenvalue weighted by Gasteiger charge is 2.37. The van der Waals surface area contributed by atoms with Gasteiger partial charge in [0.15, 0.2) is 0 Å². The summed E-state index contributed by atoms with van der Waals surface area (Å²) in [7, 11) is 0. The Bertz CT molecular complexity index is 467. The summed E-state index contributed by atoms with van der Waals surface area (Å²) in [6.45, 7) is 7.53. The largest absolute Gasteiger partial charge is 0.396 e. The van der Waals surface area contributed by atoms with Gasteiger partial charge in [-0.05, 0) is 12.1 Å². The lowest BCUT2D eigenvalue weighted by Gasteiger charge is -2.43. The first-order valence-corrected chi connectivity index (χ1v) is 7.75. The van der Waals surface area contributed by atoms with Gasteiger partial charge in [-0.25, -0.2) is 4.39 Å². The van der Waals surface area contributed by atoms with Crippen molar-refractivity contribution in [2.45, 2.75) is 19.9 Å². The van der Waals surface area contributed by atoms with Crippen molar-refractivity contribution < 1.29 is 9.50 Å². The monoisotopic (exact) mass is 380 g/mol. The van der Waals surface area contributed by atoms with Crippen LogP contribution in [-0.4, -0.2) is 42.8 Å². The number of halogens is 3. The number of aliphatic hydroxyl groups is 1. The van der Waals surface area contributed by atoms with Crippen LogP contribution in [0.4, 0.5) is 4.39 Å². The number of benzene rings is 1. The van der Waals surface area contributed by atoms with Crippen LogP contribution < -0.4 is 5.32 Å².